The first-order valence-electron chi connectivity index (χ1n) is 7.04. The molecule has 1 aromatic rings. The number of fused-ring (bicyclic) bond motifs is 1. The summed E-state index contributed by atoms with van der Waals surface area (Å²) in [5.74, 6) is 0.914. The second kappa shape index (κ2) is 4.99. The quantitative estimate of drug-likeness (QED) is 0.744. The Balaban J connectivity index is 1.57. The molecule has 0 saturated heterocycles. The van der Waals surface area contributed by atoms with Crippen LogP contribution in [0.2, 0.25) is 0 Å². The van der Waals surface area contributed by atoms with E-state index in [0.717, 1.165) is 5.92 Å². The van der Waals surface area contributed by atoms with Crippen LogP contribution in [0, 0.1) is 5.92 Å². The van der Waals surface area contributed by atoms with Gasteiger partial charge in [0.2, 0.25) is 0 Å². The van der Waals surface area contributed by atoms with E-state index >= 15 is 0 Å². The summed E-state index contributed by atoms with van der Waals surface area (Å²) >= 11 is 0. The number of para-hydroxylation sites is 2. The van der Waals surface area contributed by atoms with Crippen molar-refractivity contribution in [2.45, 2.75) is 51.1 Å². The van der Waals surface area contributed by atoms with E-state index in [9.17, 15) is 0 Å². The molecular formula is C15H22N2. The molecule has 3 rings (SSSR count). The highest BCUT2D eigenvalue weighted by molar-refractivity contribution is 5.74. The van der Waals surface area contributed by atoms with E-state index < -0.39 is 0 Å². The van der Waals surface area contributed by atoms with Crippen molar-refractivity contribution >= 4 is 11.4 Å². The maximum atomic E-state index is 3.59. The minimum atomic E-state index is 0.454. The third-order valence-corrected chi connectivity index (χ3v) is 4.13. The fourth-order valence-corrected chi connectivity index (χ4v) is 3.20. The van der Waals surface area contributed by atoms with Crippen molar-refractivity contribution in [2.24, 2.45) is 5.92 Å². The van der Waals surface area contributed by atoms with Crippen molar-refractivity contribution < 1.29 is 0 Å². The minimum Gasteiger partial charge on any atom is -0.364 e. The standard InChI is InChI=1S/C15H22N2/c1-2-4-8-12(7-3-1)11-15-16-13-9-5-6-10-14(13)17-15/h5-6,9-10,12,15-17H,1-4,7-8,11H2. The Morgan fingerprint density at radius 2 is 1.47 bits per heavy atom. The average Bonchev–Trinajstić information content (AvgIpc) is 2.57. The van der Waals surface area contributed by atoms with Crippen LogP contribution in [-0.2, 0) is 0 Å². The van der Waals surface area contributed by atoms with Crippen LogP contribution in [0.15, 0.2) is 24.3 Å². The average molecular weight is 230 g/mol. The van der Waals surface area contributed by atoms with Gasteiger partial charge in [-0.25, -0.2) is 0 Å². The van der Waals surface area contributed by atoms with Crippen molar-refractivity contribution in [3.05, 3.63) is 24.3 Å². The van der Waals surface area contributed by atoms with Gasteiger partial charge < -0.3 is 10.6 Å². The van der Waals surface area contributed by atoms with Gasteiger partial charge in [-0.05, 0) is 24.5 Å². The van der Waals surface area contributed by atoms with Crippen molar-refractivity contribution in [1.82, 2.24) is 0 Å². The molecule has 2 nitrogen and oxygen atoms in total. The zero-order valence-electron chi connectivity index (χ0n) is 10.4. The van der Waals surface area contributed by atoms with Crippen LogP contribution in [0.4, 0.5) is 11.4 Å². The second-order valence-electron chi connectivity index (χ2n) is 5.48. The molecule has 2 aliphatic rings. The molecule has 1 aliphatic heterocycles. The summed E-state index contributed by atoms with van der Waals surface area (Å²) in [5, 5.41) is 7.18. The smallest absolute Gasteiger partial charge is 0.0967 e. The molecule has 2 N–H and O–H groups in total. The second-order valence-corrected chi connectivity index (χ2v) is 5.48. The third-order valence-electron chi connectivity index (χ3n) is 4.13. The molecule has 0 aromatic heterocycles. The van der Waals surface area contributed by atoms with Crippen LogP contribution in [0.5, 0.6) is 0 Å². The molecule has 0 atom stereocenters. The zero-order valence-corrected chi connectivity index (χ0v) is 10.4. The van der Waals surface area contributed by atoms with Gasteiger partial charge in [0.1, 0.15) is 0 Å². The van der Waals surface area contributed by atoms with E-state index in [0.29, 0.717) is 6.17 Å². The number of rotatable bonds is 2. The first kappa shape index (κ1) is 10.9. The van der Waals surface area contributed by atoms with Crippen LogP contribution >= 0.6 is 0 Å². The molecule has 1 fully saturated rings. The lowest BCUT2D eigenvalue weighted by atomic mass is 9.95. The lowest BCUT2D eigenvalue weighted by molar-refractivity contribution is 0.413. The highest BCUT2D eigenvalue weighted by atomic mass is 15.2. The van der Waals surface area contributed by atoms with E-state index in [1.807, 2.05) is 0 Å². The molecular weight excluding hydrogens is 208 g/mol. The summed E-state index contributed by atoms with van der Waals surface area (Å²) in [5.41, 5.74) is 2.54. The lowest BCUT2D eigenvalue weighted by Crippen LogP contribution is -2.25. The summed E-state index contributed by atoms with van der Waals surface area (Å²) in [4.78, 5) is 0. The Labute approximate surface area is 104 Å². The van der Waals surface area contributed by atoms with Crippen LogP contribution in [-0.4, -0.2) is 6.17 Å². The predicted octanol–water partition coefficient (Wildman–Crippen LogP) is 4.21. The number of hydrogen-bond acceptors (Lipinski definition) is 2. The van der Waals surface area contributed by atoms with Crippen LogP contribution in [0.25, 0.3) is 0 Å². The van der Waals surface area contributed by atoms with E-state index in [-0.39, 0.29) is 0 Å². The third kappa shape index (κ3) is 2.56. The van der Waals surface area contributed by atoms with E-state index in [1.54, 1.807) is 0 Å². The molecule has 0 spiro atoms. The Morgan fingerprint density at radius 1 is 0.882 bits per heavy atom. The normalized spacial score (nSPS) is 21.4. The molecule has 0 amide bonds. The SMILES string of the molecule is c1ccc2c(c1)NC(CC1CCCCCC1)N2. The highest BCUT2D eigenvalue weighted by Gasteiger charge is 2.22. The topological polar surface area (TPSA) is 24.1 Å². The molecule has 0 unspecified atom stereocenters. The molecule has 1 aromatic carbocycles. The van der Waals surface area contributed by atoms with Gasteiger partial charge in [0.15, 0.2) is 0 Å². The van der Waals surface area contributed by atoms with Crippen LogP contribution in [0.3, 0.4) is 0 Å². The van der Waals surface area contributed by atoms with Crippen molar-refractivity contribution in [2.75, 3.05) is 10.6 Å². The zero-order chi connectivity index (χ0) is 11.5. The minimum absolute atomic E-state index is 0.454. The molecule has 92 valence electrons. The van der Waals surface area contributed by atoms with Crippen LogP contribution < -0.4 is 10.6 Å². The van der Waals surface area contributed by atoms with Gasteiger partial charge in [-0.1, -0.05) is 50.7 Å². The van der Waals surface area contributed by atoms with Crippen molar-refractivity contribution in [1.29, 1.82) is 0 Å². The highest BCUT2D eigenvalue weighted by Crippen LogP contribution is 2.33. The van der Waals surface area contributed by atoms with Crippen LogP contribution in [0.1, 0.15) is 44.9 Å². The molecule has 0 radical (unpaired) electrons. The fraction of sp³-hybridized carbons (Fsp3) is 0.600. The van der Waals surface area contributed by atoms with Gasteiger partial charge in [0.25, 0.3) is 0 Å². The van der Waals surface area contributed by atoms with Gasteiger partial charge >= 0.3 is 0 Å². The predicted molar refractivity (Wildman–Crippen MR) is 73.3 cm³/mol. The van der Waals surface area contributed by atoms with Gasteiger partial charge in [0, 0.05) is 0 Å². The van der Waals surface area contributed by atoms with E-state index in [4.69, 9.17) is 0 Å². The Hall–Kier alpha value is -1.18. The molecule has 1 heterocycles. The summed E-state index contributed by atoms with van der Waals surface area (Å²) in [6, 6.07) is 8.52. The maximum absolute atomic E-state index is 3.59. The summed E-state index contributed by atoms with van der Waals surface area (Å²) < 4.78 is 0. The number of nitrogens with one attached hydrogen (secondary N) is 2. The number of hydrogen-bond donors (Lipinski definition) is 2. The number of anilines is 2. The molecule has 1 saturated carbocycles. The molecule has 1 aliphatic carbocycles. The molecule has 17 heavy (non-hydrogen) atoms. The van der Waals surface area contributed by atoms with E-state index in [1.165, 1.54) is 56.3 Å². The van der Waals surface area contributed by atoms with Gasteiger partial charge in [-0.2, -0.15) is 0 Å². The molecule has 2 heteroatoms. The Bertz CT molecular complexity index is 342. The van der Waals surface area contributed by atoms with Gasteiger partial charge in [-0.15, -0.1) is 0 Å². The summed E-state index contributed by atoms with van der Waals surface area (Å²) in [6.45, 7) is 0. The fourth-order valence-electron chi connectivity index (χ4n) is 3.20. The Morgan fingerprint density at radius 3 is 2.06 bits per heavy atom. The Kier molecular flexibility index (Phi) is 3.21. The molecule has 0 bridgehead atoms. The maximum Gasteiger partial charge on any atom is 0.0967 e. The number of benzene rings is 1. The first-order chi connectivity index (χ1) is 8.42. The monoisotopic (exact) mass is 230 g/mol. The van der Waals surface area contributed by atoms with Gasteiger partial charge in [-0.3, -0.25) is 0 Å². The van der Waals surface area contributed by atoms with E-state index in [2.05, 4.69) is 34.9 Å². The van der Waals surface area contributed by atoms with Gasteiger partial charge in [0.05, 0.1) is 17.5 Å². The largest absolute Gasteiger partial charge is 0.364 e. The lowest BCUT2D eigenvalue weighted by Gasteiger charge is -2.19. The summed E-state index contributed by atoms with van der Waals surface area (Å²) in [7, 11) is 0. The first-order valence-corrected chi connectivity index (χ1v) is 7.04. The summed E-state index contributed by atoms with van der Waals surface area (Å²) in [6.07, 6.45) is 10.3. The van der Waals surface area contributed by atoms with Crippen molar-refractivity contribution in [3.63, 3.8) is 0 Å². The van der Waals surface area contributed by atoms with Crippen molar-refractivity contribution in [3.8, 4) is 0 Å².